The molecule has 7 heteroatoms. The quantitative estimate of drug-likeness (QED) is 0.920. The highest BCUT2D eigenvalue weighted by Crippen LogP contribution is 2.31. The lowest BCUT2D eigenvalue weighted by atomic mass is 10.1. The Morgan fingerprint density at radius 2 is 2.30 bits per heavy atom. The maximum Gasteiger partial charge on any atom is 0.305 e. The predicted octanol–water partition coefficient (Wildman–Crippen LogP) is 2.92. The van der Waals surface area contributed by atoms with Gasteiger partial charge < -0.3 is 10.0 Å². The van der Waals surface area contributed by atoms with E-state index in [9.17, 15) is 9.59 Å². The topological polar surface area (TPSA) is 57.6 Å². The maximum atomic E-state index is 12.6. The molecule has 1 fully saturated rings. The molecule has 2 rings (SSSR count). The summed E-state index contributed by atoms with van der Waals surface area (Å²) in [6, 6.07) is 3.43. The Labute approximate surface area is 131 Å². The third kappa shape index (κ3) is 3.68. The highest BCUT2D eigenvalue weighted by molar-refractivity contribution is 7.99. The summed E-state index contributed by atoms with van der Waals surface area (Å²) in [6.45, 7) is 2.47. The van der Waals surface area contributed by atoms with Crippen LogP contribution in [0.2, 0.25) is 4.34 Å². The van der Waals surface area contributed by atoms with Crippen LogP contribution < -0.4 is 0 Å². The molecule has 2 heterocycles. The van der Waals surface area contributed by atoms with Crippen molar-refractivity contribution in [2.24, 2.45) is 0 Å². The monoisotopic (exact) mass is 333 g/mol. The van der Waals surface area contributed by atoms with E-state index in [2.05, 4.69) is 0 Å². The van der Waals surface area contributed by atoms with Gasteiger partial charge in [0.2, 0.25) is 5.91 Å². The van der Waals surface area contributed by atoms with E-state index < -0.39 is 5.97 Å². The Morgan fingerprint density at radius 3 is 2.90 bits per heavy atom. The van der Waals surface area contributed by atoms with Crippen LogP contribution in [0.3, 0.4) is 0 Å². The Morgan fingerprint density at radius 1 is 1.55 bits per heavy atom. The molecule has 110 valence electrons. The van der Waals surface area contributed by atoms with E-state index in [4.69, 9.17) is 16.7 Å². The molecule has 0 bridgehead atoms. The zero-order valence-electron chi connectivity index (χ0n) is 11.0. The molecule has 1 aromatic heterocycles. The first kappa shape index (κ1) is 15.7. The van der Waals surface area contributed by atoms with Crippen molar-refractivity contribution in [3.63, 3.8) is 0 Å². The smallest absolute Gasteiger partial charge is 0.305 e. The molecule has 1 aromatic rings. The fourth-order valence-electron chi connectivity index (χ4n) is 2.25. The molecule has 2 unspecified atom stereocenters. The lowest BCUT2D eigenvalue weighted by Gasteiger charge is -2.36. The molecule has 0 saturated carbocycles. The van der Waals surface area contributed by atoms with Crippen LogP contribution in [0.25, 0.3) is 0 Å². The lowest BCUT2D eigenvalue weighted by Crippen LogP contribution is -2.48. The second-order valence-electron chi connectivity index (χ2n) is 4.72. The number of carboxylic acids is 1. The van der Waals surface area contributed by atoms with Gasteiger partial charge in [0.15, 0.2) is 0 Å². The Balaban J connectivity index is 2.10. The van der Waals surface area contributed by atoms with Gasteiger partial charge >= 0.3 is 5.97 Å². The summed E-state index contributed by atoms with van der Waals surface area (Å²) in [6.07, 6.45) is 0.0106. The zero-order valence-corrected chi connectivity index (χ0v) is 13.4. The van der Waals surface area contributed by atoms with Gasteiger partial charge in [-0.1, -0.05) is 11.6 Å². The average molecular weight is 334 g/mol. The largest absolute Gasteiger partial charge is 0.481 e. The molecule has 0 aliphatic carbocycles. The van der Waals surface area contributed by atoms with Gasteiger partial charge in [0.05, 0.1) is 22.7 Å². The minimum Gasteiger partial charge on any atom is -0.481 e. The normalized spacial score (nSPS) is 20.7. The first-order valence-electron chi connectivity index (χ1n) is 6.34. The molecular formula is C13H16ClNO3S2. The molecule has 0 spiro atoms. The number of carbonyl (C=O) groups excluding carboxylic acids is 1. The van der Waals surface area contributed by atoms with E-state index in [1.165, 1.54) is 11.3 Å². The summed E-state index contributed by atoms with van der Waals surface area (Å²) in [5.74, 6) is 0.416. The third-order valence-corrected chi connectivity index (χ3v) is 5.82. The first-order valence-corrected chi connectivity index (χ1v) is 8.69. The predicted molar refractivity (Wildman–Crippen MR) is 82.8 cm³/mol. The van der Waals surface area contributed by atoms with Gasteiger partial charge in [-0.15, -0.1) is 11.3 Å². The fourth-order valence-corrected chi connectivity index (χ4v) is 4.41. The van der Waals surface area contributed by atoms with Crippen molar-refractivity contribution >= 4 is 46.6 Å². The number of thiophene rings is 1. The summed E-state index contributed by atoms with van der Waals surface area (Å²) in [5.41, 5.74) is 0. The maximum absolute atomic E-state index is 12.6. The van der Waals surface area contributed by atoms with Crippen LogP contribution in [0.4, 0.5) is 0 Å². The molecule has 1 aliphatic heterocycles. The molecule has 1 amide bonds. The van der Waals surface area contributed by atoms with Crippen LogP contribution in [0.15, 0.2) is 12.1 Å². The standard InChI is InChI=1S/C13H16ClNO3S2/c1-8(10-2-3-11(14)20-10)13(18)15-4-5-19-7-9(15)6-12(16)17/h2-3,8-9H,4-7H2,1H3,(H,16,17). The van der Waals surface area contributed by atoms with Crippen molar-refractivity contribution in [2.45, 2.75) is 25.3 Å². The summed E-state index contributed by atoms with van der Waals surface area (Å²) < 4.78 is 0.663. The minimum absolute atomic E-state index is 0.00457. The second kappa shape index (κ2) is 6.83. The van der Waals surface area contributed by atoms with E-state index in [1.807, 2.05) is 13.0 Å². The Bertz CT molecular complexity index is 506. The fraction of sp³-hybridized carbons (Fsp3) is 0.538. The lowest BCUT2D eigenvalue weighted by molar-refractivity contribution is -0.140. The Hall–Kier alpha value is -0.720. The molecular weight excluding hydrogens is 318 g/mol. The van der Waals surface area contributed by atoms with Gasteiger partial charge in [-0.05, 0) is 19.1 Å². The number of nitrogens with zero attached hydrogens (tertiary/aromatic N) is 1. The van der Waals surface area contributed by atoms with Crippen molar-refractivity contribution in [2.75, 3.05) is 18.1 Å². The van der Waals surface area contributed by atoms with Crippen molar-refractivity contribution in [3.05, 3.63) is 21.3 Å². The van der Waals surface area contributed by atoms with Crippen LogP contribution in [0, 0.1) is 0 Å². The third-order valence-electron chi connectivity index (χ3n) is 3.31. The van der Waals surface area contributed by atoms with Crippen LogP contribution in [0.1, 0.15) is 24.1 Å². The van der Waals surface area contributed by atoms with Gasteiger partial charge in [-0.3, -0.25) is 9.59 Å². The highest BCUT2D eigenvalue weighted by atomic mass is 35.5. The van der Waals surface area contributed by atoms with Gasteiger partial charge in [0.25, 0.3) is 0 Å². The highest BCUT2D eigenvalue weighted by Gasteiger charge is 2.32. The second-order valence-corrected chi connectivity index (χ2v) is 7.62. The van der Waals surface area contributed by atoms with Crippen LogP contribution >= 0.6 is 34.7 Å². The SMILES string of the molecule is CC(C(=O)N1CCSCC1CC(=O)O)c1ccc(Cl)s1. The Kier molecular flexibility index (Phi) is 5.35. The molecule has 20 heavy (non-hydrogen) atoms. The molecule has 4 nitrogen and oxygen atoms in total. The van der Waals surface area contributed by atoms with Crippen molar-refractivity contribution in [1.29, 1.82) is 0 Å². The number of hydrogen-bond donors (Lipinski definition) is 1. The van der Waals surface area contributed by atoms with E-state index in [0.29, 0.717) is 16.6 Å². The van der Waals surface area contributed by atoms with Crippen LogP contribution in [0.5, 0.6) is 0 Å². The van der Waals surface area contributed by atoms with E-state index in [0.717, 1.165) is 10.6 Å². The number of aliphatic carboxylic acids is 1. The van der Waals surface area contributed by atoms with Crippen molar-refractivity contribution in [3.8, 4) is 0 Å². The van der Waals surface area contributed by atoms with Crippen LogP contribution in [-0.2, 0) is 9.59 Å². The summed E-state index contributed by atoms with van der Waals surface area (Å²) in [5, 5.41) is 8.96. The van der Waals surface area contributed by atoms with Crippen molar-refractivity contribution in [1.82, 2.24) is 4.90 Å². The molecule has 0 radical (unpaired) electrons. The van der Waals surface area contributed by atoms with Crippen LogP contribution in [-0.4, -0.2) is 46.0 Å². The number of carbonyl (C=O) groups is 2. The number of rotatable bonds is 4. The molecule has 2 atom stereocenters. The van der Waals surface area contributed by atoms with Gasteiger partial charge in [0, 0.05) is 22.9 Å². The van der Waals surface area contributed by atoms with Gasteiger partial charge in [-0.2, -0.15) is 11.8 Å². The number of hydrogen-bond acceptors (Lipinski definition) is 4. The number of carboxylic acid groups (broad SMARTS) is 1. The minimum atomic E-state index is -0.859. The zero-order chi connectivity index (χ0) is 14.7. The number of amides is 1. The molecule has 1 aliphatic rings. The summed E-state index contributed by atoms with van der Waals surface area (Å²) in [7, 11) is 0. The number of thioether (sulfide) groups is 1. The molecule has 1 saturated heterocycles. The molecule has 0 aromatic carbocycles. The van der Waals surface area contributed by atoms with E-state index in [1.54, 1.807) is 22.7 Å². The van der Waals surface area contributed by atoms with E-state index >= 15 is 0 Å². The number of halogens is 1. The van der Waals surface area contributed by atoms with Gasteiger partial charge in [0.1, 0.15) is 0 Å². The van der Waals surface area contributed by atoms with Crippen molar-refractivity contribution < 1.29 is 14.7 Å². The molecule has 1 N–H and O–H groups in total. The average Bonchev–Trinajstić information content (AvgIpc) is 2.84. The van der Waals surface area contributed by atoms with Gasteiger partial charge in [-0.25, -0.2) is 0 Å². The summed E-state index contributed by atoms with van der Waals surface area (Å²) >= 11 is 9.01. The summed E-state index contributed by atoms with van der Waals surface area (Å²) in [4.78, 5) is 26.2. The first-order chi connectivity index (χ1) is 9.49. The van der Waals surface area contributed by atoms with E-state index in [-0.39, 0.29) is 24.3 Å².